The summed E-state index contributed by atoms with van der Waals surface area (Å²) in [7, 11) is 1.95. The van der Waals surface area contributed by atoms with Crippen molar-refractivity contribution < 1.29 is 9.90 Å². The molecule has 2 fully saturated rings. The van der Waals surface area contributed by atoms with Gasteiger partial charge in [0, 0.05) is 51.3 Å². The summed E-state index contributed by atoms with van der Waals surface area (Å²) in [5, 5.41) is 14.3. The summed E-state index contributed by atoms with van der Waals surface area (Å²) in [5.41, 5.74) is 3.37. The fourth-order valence-corrected chi connectivity index (χ4v) is 4.78. The Morgan fingerprint density at radius 2 is 1.78 bits per heavy atom. The lowest BCUT2D eigenvalue weighted by Crippen LogP contribution is -2.35. The van der Waals surface area contributed by atoms with E-state index in [9.17, 15) is 9.90 Å². The Morgan fingerprint density at radius 3 is 2.37 bits per heavy atom. The van der Waals surface area contributed by atoms with Gasteiger partial charge in [-0.2, -0.15) is 5.10 Å². The molecule has 2 saturated heterocycles. The van der Waals surface area contributed by atoms with Gasteiger partial charge in [0.05, 0.1) is 5.69 Å². The zero-order chi connectivity index (χ0) is 19.4. The summed E-state index contributed by atoms with van der Waals surface area (Å²) in [6.07, 6.45) is 6.51. The van der Waals surface area contributed by atoms with Crippen molar-refractivity contribution in [1.29, 1.82) is 0 Å². The molecule has 6 heteroatoms. The molecule has 0 unspecified atom stereocenters. The summed E-state index contributed by atoms with van der Waals surface area (Å²) >= 11 is 0. The van der Waals surface area contributed by atoms with Crippen LogP contribution < -0.4 is 0 Å². The van der Waals surface area contributed by atoms with Gasteiger partial charge in [0.1, 0.15) is 0 Å². The Labute approximate surface area is 163 Å². The molecule has 152 valence electrons. The molecular formula is C21H36N4O2. The molecule has 6 nitrogen and oxygen atoms in total. The molecule has 0 radical (unpaired) electrons. The molecule has 0 bridgehead atoms. The summed E-state index contributed by atoms with van der Waals surface area (Å²) in [6, 6.07) is 0. The monoisotopic (exact) mass is 376 g/mol. The van der Waals surface area contributed by atoms with Crippen LogP contribution in [-0.4, -0.2) is 69.9 Å². The third-order valence-electron chi connectivity index (χ3n) is 6.60. The van der Waals surface area contributed by atoms with Crippen LogP contribution >= 0.6 is 0 Å². The number of aliphatic hydroxyl groups excluding tert-OH is 1. The van der Waals surface area contributed by atoms with Crippen molar-refractivity contribution in [2.75, 3.05) is 39.3 Å². The molecule has 2 aliphatic heterocycles. The first-order chi connectivity index (χ1) is 13.0. The third-order valence-corrected chi connectivity index (χ3v) is 6.60. The number of hydrogen-bond donors (Lipinski definition) is 1. The molecule has 1 N–H and O–H groups in total. The van der Waals surface area contributed by atoms with Crippen LogP contribution in [0.5, 0.6) is 0 Å². The number of carbonyl (C=O) groups is 1. The minimum absolute atomic E-state index is 0.184. The number of aryl methyl sites for hydroxylation is 2. The summed E-state index contributed by atoms with van der Waals surface area (Å²) in [4.78, 5) is 17.3. The number of amides is 1. The molecule has 2 aliphatic rings. The molecule has 0 spiro atoms. The van der Waals surface area contributed by atoms with E-state index >= 15 is 0 Å². The molecule has 1 aromatic heterocycles. The van der Waals surface area contributed by atoms with Crippen molar-refractivity contribution in [3.63, 3.8) is 0 Å². The van der Waals surface area contributed by atoms with Gasteiger partial charge in [0.15, 0.2) is 0 Å². The minimum atomic E-state index is 0.184. The van der Waals surface area contributed by atoms with E-state index < -0.39 is 0 Å². The fraction of sp³-hybridized carbons (Fsp3) is 0.810. The Kier molecular flexibility index (Phi) is 6.93. The van der Waals surface area contributed by atoms with Crippen molar-refractivity contribution in [1.82, 2.24) is 19.6 Å². The van der Waals surface area contributed by atoms with E-state index in [1.165, 1.54) is 44.3 Å². The number of carbonyl (C=O) groups excluding carboxylic acids is 1. The topological polar surface area (TPSA) is 61.6 Å². The van der Waals surface area contributed by atoms with Gasteiger partial charge in [-0.1, -0.05) is 12.8 Å². The fourth-order valence-electron chi connectivity index (χ4n) is 4.78. The van der Waals surface area contributed by atoms with E-state index in [0.29, 0.717) is 18.9 Å². The third kappa shape index (κ3) is 4.91. The lowest BCUT2D eigenvalue weighted by Gasteiger charge is -2.26. The molecule has 27 heavy (non-hydrogen) atoms. The minimum Gasteiger partial charge on any atom is -0.396 e. The SMILES string of the molecule is Cc1nn(C)c(C)c1CCC(=O)N1C[C@@H](CN2CCCCCC2)[C@@H](CO)C1. The Balaban J connectivity index is 1.54. The van der Waals surface area contributed by atoms with Crippen LogP contribution in [0.4, 0.5) is 0 Å². The summed E-state index contributed by atoms with van der Waals surface area (Å²) in [6.45, 7) is 9.13. The van der Waals surface area contributed by atoms with Crippen LogP contribution in [-0.2, 0) is 18.3 Å². The highest BCUT2D eigenvalue weighted by molar-refractivity contribution is 5.76. The largest absolute Gasteiger partial charge is 0.396 e. The normalized spacial score (nSPS) is 24.4. The molecule has 3 rings (SSSR count). The van der Waals surface area contributed by atoms with Gasteiger partial charge in [-0.25, -0.2) is 0 Å². The van der Waals surface area contributed by atoms with Crippen LogP contribution in [0.3, 0.4) is 0 Å². The lowest BCUT2D eigenvalue weighted by atomic mass is 9.96. The van der Waals surface area contributed by atoms with E-state index in [1.807, 2.05) is 23.6 Å². The first-order valence-electron chi connectivity index (χ1n) is 10.6. The van der Waals surface area contributed by atoms with Crippen LogP contribution in [0.15, 0.2) is 0 Å². The molecule has 1 amide bonds. The molecule has 3 heterocycles. The maximum absolute atomic E-state index is 12.8. The van der Waals surface area contributed by atoms with Gasteiger partial charge >= 0.3 is 0 Å². The van der Waals surface area contributed by atoms with Crippen LogP contribution in [0.2, 0.25) is 0 Å². The quantitative estimate of drug-likeness (QED) is 0.824. The number of rotatable bonds is 6. The highest BCUT2D eigenvalue weighted by Crippen LogP contribution is 2.26. The Hall–Kier alpha value is -1.40. The average molecular weight is 377 g/mol. The number of nitrogens with zero attached hydrogens (tertiary/aromatic N) is 4. The summed E-state index contributed by atoms with van der Waals surface area (Å²) in [5.74, 6) is 0.840. The molecule has 1 aromatic rings. The van der Waals surface area contributed by atoms with E-state index in [1.54, 1.807) is 0 Å². The maximum atomic E-state index is 12.8. The average Bonchev–Trinajstić information content (AvgIpc) is 3.02. The zero-order valence-electron chi connectivity index (χ0n) is 17.3. The second-order valence-corrected chi connectivity index (χ2v) is 8.49. The standard InChI is InChI=1S/C21H36N4O2/c1-16-20(17(2)23(3)22-16)8-9-21(27)25-13-18(19(14-25)15-26)12-24-10-6-4-5-7-11-24/h18-19,26H,4-15H2,1-3H3/t18-,19-/m1/s1. The first kappa shape index (κ1) is 20.3. The smallest absolute Gasteiger partial charge is 0.222 e. The van der Waals surface area contributed by atoms with Gasteiger partial charge in [-0.3, -0.25) is 9.48 Å². The summed E-state index contributed by atoms with van der Waals surface area (Å²) < 4.78 is 1.89. The van der Waals surface area contributed by atoms with Crippen LogP contribution in [0, 0.1) is 25.7 Å². The predicted octanol–water partition coefficient (Wildman–Crippen LogP) is 1.91. The lowest BCUT2D eigenvalue weighted by molar-refractivity contribution is -0.130. The van der Waals surface area contributed by atoms with Gasteiger partial charge in [0.2, 0.25) is 5.91 Å². The number of likely N-dealkylation sites (tertiary alicyclic amines) is 2. The molecular weight excluding hydrogens is 340 g/mol. The van der Waals surface area contributed by atoms with E-state index in [0.717, 1.165) is 30.9 Å². The van der Waals surface area contributed by atoms with Crippen molar-refractivity contribution >= 4 is 5.91 Å². The van der Waals surface area contributed by atoms with Crippen molar-refractivity contribution in [2.24, 2.45) is 18.9 Å². The van der Waals surface area contributed by atoms with Gasteiger partial charge in [-0.15, -0.1) is 0 Å². The predicted molar refractivity (Wildman–Crippen MR) is 107 cm³/mol. The van der Waals surface area contributed by atoms with Crippen molar-refractivity contribution in [3.05, 3.63) is 17.0 Å². The highest BCUT2D eigenvalue weighted by atomic mass is 16.3. The van der Waals surface area contributed by atoms with Crippen molar-refractivity contribution in [3.8, 4) is 0 Å². The zero-order valence-corrected chi connectivity index (χ0v) is 17.3. The van der Waals surface area contributed by atoms with Crippen LogP contribution in [0.1, 0.15) is 49.1 Å². The number of hydrogen-bond acceptors (Lipinski definition) is 4. The van der Waals surface area contributed by atoms with Gasteiger partial charge < -0.3 is 14.9 Å². The molecule has 0 saturated carbocycles. The Bertz CT molecular complexity index is 634. The van der Waals surface area contributed by atoms with Gasteiger partial charge in [0.25, 0.3) is 0 Å². The molecule has 0 aromatic carbocycles. The van der Waals surface area contributed by atoms with Crippen LogP contribution in [0.25, 0.3) is 0 Å². The molecule has 2 atom stereocenters. The Morgan fingerprint density at radius 1 is 1.11 bits per heavy atom. The highest BCUT2D eigenvalue weighted by Gasteiger charge is 2.35. The van der Waals surface area contributed by atoms with E-state index in [-0.39, 0.29) is 18.4 Å². The number of aromatic nitrogens is 2. The van der Waals surface area contributed by atoms with Gasteiger partial charge in [-0.05, 0) is 57.7 Å². The van der Waals surface area contributed by atoms with E-state index in [4.69, 9.17) is 0 Å². The van der Waals surface area contributed by atoms with Crippen molar-refractivity contribution in [2.45, 2.75) is 52.4 Å². The molecule has 0 aliphatic carbocycles. The van der Waals surface area contributed by atoms with E-state index in [2.05, 4.69) is 16.9 Å². The second kappa shape index (κ2) is 9.20. The maximum Gasteiger partial charge on any atom is 0.222 e. The first-order valence-corrected chi connectivity index (χ1v) is 10.6. The number of aliphatic hydroxyl groups is 1. The second-order valence-electron chi connectivity index (χ2n) is 8.49.